The van der Waals surface area contributed by atoms with E-state index < -0.39 is 6.10 Å². The molecule has 106 valence electrons. The van der Waals surface area contributed by atoms with E-state index in [0.717, 1.165) is 12.8 Å². The number of unbranched alkanes of at least 4 members (excludes halogenated alkanes) is 8. The van der Waals surface area contributed by atoms with Crippen LogP contribution in [0.25, 0.3) is 0 Å². The summed E-state index contributed by atoms with van der Waals surface area (Å²) in [6, 6.07) is 0. The van der Waals surface area contributed by atoms with Gasteiger partial charge in [0.15, 0.2) is 12.4 Å². The first-order chi connectivity index (χ1) is 8.70. The third-order valence-electron chi connectivity index (χ3n) is 2.99. The molecule has 0 aromatic carbocycles. The Morgan fingerprint density at radius 1 is 1.00 bits per heavy atom. The summed E-state index contributed by atoms with van der Waals surface area (Å²) in [4.78, 5) is 21.5. The van der Waals surface area contributed by atoms with Crippen molar-refractivity contribution in [3.63, 3.8) is 0 Å². The topological polar surface area (TPSA) is 43.4 Å². The Kier molecular flexibility index (Phi) is 12.0. The molecule has 1 unspecified atom stereocenters. The average molecular weight is 256 g/mol. The van der Waals surface area contributed by atoms with Gasteiger partial charge in [-0.05, 0) is 13.3 Å². The highest BCUT2D eigenvalue weighted by atomic mass is 16.5. The first-order valence-electron chi connectivity index (χ1n) is 7.35. The molecule has 0 aromatic heterocycles. The minimum atomic E-state index is -0.601. The standard InChI is InChI=1S/C15H28O3/c1-3-4-5-6-7-8-9-10-11-12-15(17)18-14(2)13-16/h13-14H,3-12H2,1-2H3. The average Bonchev–Trinajstić information content (AvgIpc) is 2.36. The second kappa shape index (κ2) is 12.6. The van der Waals surface area contributed by atoms with Gasteiger partial charge in [-0.3, -0.25) is 9.59 Å². The van der Waals surface area contributed by atoms with E-state index in [4.69, 9.17) is 4.74 Å². The van der Waals surface area contributed by atoms with Crippen LogP contribution in [0.3, 0.4) is 0 Å². The van der Waals surface area contributed by atoms with E-state index in [0.29, 0.717) is 12.7 Å². The van der Waals surface area contributed by atoms with Crippen LogP contribution in [0, 0.1) is 0 Å². The van der Waals surface area contributed by atoms with Crippen LogP contribution in [0.4, 0.5) is 0 Å². The monoisotopic (exact) mass is 256 g/mol. The summed E-state index contributed by atoms with van der Waals surface area (Å²) in [5.74, 6) is -0.252. The summed E-state index contributed by atoms with van der Waals surface area (Å²) in [5, 5.41) is 0. The first kappa shape index (κ1) is 17.1. The molecule has 1 atom stereocenters. The predicted octanol–water partition coefficient (Wildman–Crippen LogP) is 4.04. The molecular formula is C15H28O3. The van der Waals surface area contributed by atoms with Crippen molar-refractivity contribution in [3.05, 3.63) is 0 Å². The van der Waals surface area contributed by atoms with E-state index in [-0.39, 0.29) is 5.97 Å². The second-order valence-corrected chi connectivity index (χ2v) is 4.91. The second-order valence-electron chi connectivity index (χ2n) is 4.91. The number of aldehydes is 1. The van der Waals surface area contributed by atoms with Crippen LogP contribution < -0.4 is 0 Å². The lowest BCUT2D eigenvalue weighted by atomic mass is 10.1. The molecule has 0 rings (SSSR count). The van der Waals surface area contributed by atoms with Crippen molar-refractivity contribution in [1.82, 2.24) is 0 Å². The van der Waals surface area contributed by atoms with Crippen molar-refractivity contribution in [1.29, 1.82) is 0 Å². The van der Waals surface area contributed by atoms with Gasteiger partial charge in [0.25, 0.3) is 0 Å². The maximum Gasteiger partial charge on any atom is 0.306 e. The Bertz CT molecular complexity index is 214. The summed E-state index contributed by atoms with van der Waals surface area (Å²) in [7, 11) is 0. The Labute approximate surface area is 111 Å². The smallest absolute Gasteiger partial charge is 0.306 e. The Hall–Kier alpha value is -0.860. The van der Waals surface area contributed by atoms with Gasteiger partial charge < -0.3 is 4.74 Å². The zero-order valence-electron chi connectivity index (χ0n) is 12.0. The van der Waals surface area contributed by atoms with Crippen molar-refractivity contribution < 1.29 is 14.3 Å². The predicted molar refractivity (Wildman–Crippen MR) is 73.5 cm³/mol. The molecular weight excluding hydrogens is 228 g/mol. The van der Waals surface area contributed by atoms with Gasteiger partial charge in [0.1, 0.15) is 0 Å². The van der Waals surface area contributed by atoms with Gasteiger partial charge in [-0.1, -0.05) is 58.3 Å². The zero-order chi connectivity index (χ0) is 13.6. The minimum Gasteiger partial charge on any atom is -0.455 e. The molecule has 18 heavy (non-hydrogen) atoms. The Morgan fingerprint density at radius 3 is 2.00 bits per heavy atom. The number of carbonyl (C=O) groups excluding carboxylic acids is 2. The van der Waals surface area contributed by atoms with Gasteiger partial charge in [0.2, 0.25) is 0 Å². The van der Waals surface area contributed by atoms with Crippen LogP contribution in [0.2, 0.25) is 0 Å². The molecule has 0 amide bonds. The van der Waals surface area contributed by atoms with Gasteiger partial charge in [-0.2, -0.15) is 0 Å². The van der Waals surface area contributed by atoms with E-state index in [1.165, 1.54) is 44.9 Å². The fraction of sp³-hybridized carbons (Fsp3) is 0.867. The van der Waals surface area contributed by atoms with E-state index in [1.807, 2.05) is 0 Å². The molecule has 0 aliphatic heterocycles. The van der Waals surface area contributed by atoms with Crippen LogP contribution in [0.5, 0.6) is 0 Å². The van der Waals surface area contributed by atoms with Gasteiger partial charge in [-0.15, -0.1) is 0 Å². The van der Waals surface area contributed by atoms with Gasteiger partial charge in [-0.25, -0.2) is 0 Å². The van der Waals surface area contributed by atoms with E-state index in [1.54, 1.807) is 6.92 Å². The van der Waals surface area contributed by atoms with E-state index in [2.05, 4.69) is 6.92 Å². The first-order valence-corrected chi connectivity index (χ1v) is 7.35. The highest BCUT2D eigenvalue weighted by Crippen LogP contribution is 2.10. The van der Waals surface area contributed by atoms with Crippen LogP contribution in [-0.4, -0.2) is 18.4 Å². The van der Waals surface area contributed by atoms with Crippen LogP contribution in [-0.2, 0) is 14.3 Å². The quantitative estimate of drug-likeness (QED) is 0.301. The van der Waals surface area contributed by atoms with Crippen LogP contribution >= 0.6 is 0 Å². The number of rotatable bonds is 12. The number of esters is 1. The molecule has 0 spiro atoms. The molecule has 0 radical (unpaired) electrons. The molecule has 0 aromatic rings. The molecule has 0 saturated heterocycles. The lowest BCUT2D eigenvalue weighted by molar-refractivity contribution is -0.150. The third-order valence-corrected chi connectivity index (χ3v) is 2.99. The highest BCUT2D eigenvalue weighted by molar-refractivity contribution is 5.72. The third kappa shape index (κ3) is 11.6. The summed E-state index contributed by atoms with van der Waals surface area (Å²) in [6.07, 6.45) is 11.6. The maximum atomic E-state index is 11.2. The SMILES string of the molecule is CCCCCCCCCCCC(=O)OC(C)C=O. The lowest BCUT2D eigenvalue weighted by Crippen LogP contribution is -2.15. The van der Waals surface area contributed by atoms with E-state index in [9.17, 15) is 9.59 Å². The molecule has 0 aliphatic rings. The summed E-state index contributed by atoms with van der Waals surface area (Å²) in [6.45, 7) is 3.81. The molecule has 3 heteroatoms. The summed E-state index contributed by atoms with van der Waals surface area (Å²) >= 11 is 0. The number of ether oxygens (including phenoxy) is 1. The van der Waals surface area contributed by atoms with Crippen molar-refractivity contribution in [2.75, 3.05) is 0 Å². The highest BCUT2D eigenvalue weighted by Gasteiger charge is 2.07. The zero-order valence-corrected chi connectivity index (χ0v) is 12.0. The Balaban J connectivity index is 3.20. The molecule has 0 saturated carbocycles. The van der Waals surface area contributed by atoms with Crippen molar-refractivity contribution >= 4 is 12.3 Å². The van der Waals surface area contributed by atoms with Gasteiger partial charge in [0, 0.05) is 6.42 Å². The van der Waals surface area contributed by atoms with Crippen LogP contribution in [0.15, 0.2) is 0 Å². The molecule has 0 N–H and O–H groups in total. The fourth-order valence-electron chi connectivity index (χ4n) is 1.87. The van der Waals surface area contributed by atoms with Crippen molar-refractivity contribution in [3.8, 4) is 0 Å². The summed E-state index contributed by atoms with van der Waals surface area (Å²) in [5.41, 5.74) is 0. The number of hydrogen-bond acceptors (Lipinski definition) is 3. The van der Waals surface area contributed by atoms with Crippen LogP contribution in [0.1, 0.15) is 78.1 Å². The summed E-state index contributed by atoms with van der Waals surface area (Å²) < 4.78 is 4.86. The Morgan fingerprint density at radius 2 is 1.50 bits per heavy atom. The van der Waals surface area contributed by atoms with Gasteiger partial charge >= 0.3 is 5.97 Å². The number of hydrogen-bond donors (Lipinski definition) is 0. The molecule has 3 nitrogen and oxygen atoms in total. The number of carbonyl (C=O) groups is 2. The molecule has 0 bridgehead atoms. The van der Waals surface area contributed by atoms with Crippen molar-refractivity contribution in [2.45, 2.75) is 84.2 Å². The molecule has 0 aliphatic carbocycles. The normalized spacial score (nSPS) is 12.1. The van der Waals surface area contributed by atoms with Gasteiger partial charge in [0.05, 0.1) is 0 Å². The fourth-order valence-corrected chi connectivity index (χ4v) is 1.87. The largest absolute Gasteiger partial charge is 0.455 e. The van der Waals surface area contributed by atoms with E-state index >= 15 is 0 Å². The van der Waals surface area contributed by atoms with Crippen molar-refractivity contribution in [2.24, 2.45) is 0 Å². The lowest BCUT2D eigenvalue weighted by Gasteiger charge is -2.06. The maximum absolute atomic E-state index is 11.2. The minimum absolute atomic E-state index is 0.252. The molecule has 0 fully saturated rings. The molecule has 0 heterocycles.